The average molecular weight is 329 g/mol. The van der Waals surface area contributed by atoms with Crippen molar-refractivity contribution in [2.24, 2.45) is 5.10 Å². The summed E-state index contributed by atoms with van der Waals surface area (Å²) in [6.45, 7) is 0. The van der Waals surface area contributed by atoms with E-state index >= 15 is 0 Å². The number of nitrogens with zero attached hydrogens (tertiary/aromatic N) is 1. The Hall–Kier alpha value is -3.39. The lowest BCUT2D eigenvalue weighted by Gasteiger charge is -2.04. The molecule has 0 aliphatic carbocycles. The van der Waals surface area contributed by atoms with Crippen LogP contribution in [0.5, 0.6) is 11.5 Å². The first-order valence-electron chi connectivity index (χ1n) is 6.80. The summed E-state index contributed by atoms with van der Waals surface area (Å²) < 4.78 is 4.93. The summed E-state index contributed by atoms with van der Waals surface area (Å²) in [6, 6.07) is 10.4. The molecule has 8 nitrogen and oxygen atoms in total. The third kappa shape index (κ3) is 4.08. The number of nitrogens with one attached hydrogen (secondary N) is 2. The number of hydrogen-bond donors (Lipinski definition) is 4. The number of rotatable bonds is 5. The van der Waals surface area contributed by atoms with E-state index in [1.807, 2.05) is 0 Å². The molecule has 0 aliphatic rings. The molecule has 0 atom stereocenters. The maximum Gasteiger partial charge on any atom is 0.274 e. The Bertz CT molecular complexity index is 789. The number of carbonyl (C=O) groups excluding carboxylic acids is 2. The number of aromatic hydroxyl groups is 1. The van der Waals surface area contributed by atoms with E-state index in [4.69, 9.17) is 9.94 Å². The molecule has 2 amide bonds. The highest BCUT2D eigenvalue weighted by Gasteiger charge is 2.09. The molecule has 0 heterocycles. The Kier molecular flexibility index (Phi) is 5.48. The number of hydrogen-bond acceptors (Lipinski definition) is 6. The molecule has 0 aliphatic heterocycles. The van der Waals surface area contributed by atoms with Crippen LogP contribution < -0.4 is 15.6 Å². The normalized spacial score (nSPS) is 10.4. The Labute approximate surface area is 137 Å². The smallest absolute Gasteiger partial charge is 0.274 e. The van der Waals surface area contributed by atoms with Gasteiger partial charge in [-0.1, -0.05) is 6.07 Å². The SMILES string of the molecule is COc1ccc(/C=N/NC(=O)c2cccc(C(=O)NO)c2)cc1O. The van der Waals surface area contributed by atoms with Crippen LogP contribution in [0.1, 0.15) is 26.3 Å². The van der Waals surface area contributed by atoms with E-state index in [1.165, 1.54) is 49.1 Å². The molecule has 8 heteroatoms. The van der Waals surface area contributed by atoms with Gasteiger partial charge in [-0.15, -0.1) is 0 Å². The molecule has 0 saturated heterocycles. The molecule has 0 fully saturated rings. The molecule has 2 aromatic rings. The van der Waals surface area contributed by atoms with Gasteiger partial charge in [-0.05, 0) is 42.0 Å². The highest BCUT2D eigenvalue weighted by Crippen LogP contribution is 2.25. The second kappa shape index (κ2) is 7.75. The van der Waals surface area contributed by atoms with Gasteiger partial charge in [0.1, 0.15) is 0 Å². The van der Waals surface area contributed by atoms with Crippen molar-refractivity contribution in [1.29, 1.82) is 0 Å². The lowest BCUT2D eigenvalue weighted by molar-refractivity contribution is 0.0706. The molecule has 0 saturated carbocycles. The van der Waals surface area contributed by atoms with Crippen molar-refractivity contribution in [1.82, 2.24) is 10.9 Å². The number of phenolic OH excluding ortho intramolecular Hbond substituents is 1. The van der Waals surface area contributed by atoms with Gasteiger partial charge < -0.3 is 9.84 Å². The van der Waals surface area contributed by atoms with Crippen LogP contribution in [-0.2, 0) is 0 Å². The number of hydroxylamine groups is 1. The Morgan fingerprint density at radius 2 is 1.83 bits per heavy atom. The predicted molar refractivity (Wildman–Crippen MR) is 85.4 cm³/mol. The molecular weight excluding hydrogens is 314 g/mol. The second-order valence-electron chi connectivity index (χ2n) is 4.65. The third-order valence-corrected chi connectivity index (χ3v) is 3.07. The zero-order valence-electron chi connectivity index (χ0n) is 12.7. The molecule has 0 radical (unpaired) electrons. The molecular formula is C16H15N3O5. The fraction of sp³-hybridized carbons (Fsp3) is 0.0625. The largest absolute Gasteiger partial charge is 0.504 e. The van der Waals surface area contributed by atoms with Gasteiger partial charge in [0, 0.05) is 11.1 Å². The van der Waals surface area contributed by atoms with Gasteiger partial charge in [0.15, 0.2) is 11.5 Å². The van der Waals surface area contributed by atoms with Crippen molar-refractivity contribution in [3.8, 4) is 11.5 Å². The van der Waals surface area contributed by atoms with Crippen LogP contribution in [-0.4, -0.2) is 35.5 Å². The zero-order valence-corrected chi connectivity index (χ0v) is 12.7. The van der Waals surface area contributed by atoms with E-state index in [-0.39, 0.29) is 16.9 Å². The standard InChI is InChI=1S/C16H15N3O5/c1-24-14-6-5-10(7-13(14)20)9-17-18-15(21)11-3-2-4-12(8-11)16(22)19-23/h2-9,20,23H,1H3,(H,18,21)(H,19,22)/b17-9+. The summed E-state index contributed by atoms with van der Waals surface area (Å²) in [4.78, 5) is 23.3. The van der Waals surface area contributed by atoms with Crippen molar-refractivity contribution < 1.29 is 24.6 Å². The lowest BCUT2D eigenvalue weighted by atomic mass is 10.1. The van der Waals surface area contributed by atoms with Crippen LogP contribution in [0.25, 0.3) is 0 Å². The summed E-state index contributed by atoms with van der Waals surface area (Å²) in [5.41, 5.74) is 4.69. The Balaban J connectivity index is 2.05. The molecule has 2 rings (SSSR count). The number of carbonyl (C=O) groups is 2. The minimum atomic E-state index is -0.721. The molecule has 0 unspecified atom stereocenters. The molecule has 4 N–H and O–H groups in total. The summed E-state index contributed by atoms with van der Waals surface area (Å²) in [7, 11) is 1.44. The third-order valence-electron chi connectivity index (χ3n) is 3.07. The second-order valence-corrected chi connectivity index (χ2v) is 4.65. The molecule has 124 valence electrons. The van der Waals surface area contributed by atoms with Crippen LogP contribution in [0.15, 0.2) is 47.6 Å². The van der Waals surface area contributed by atoms with E-state index in [9.17, 15) is 14.7 Å². The fourth-order valence-corrected chi connectivity index (χ4v) is 1.88. The van der Waals surface area contributed by atoms with Crippen LogP contribution in [0.4, 0.5) is 0 Å². The van der Waals surface area contributed by atoms with Crippen molar-refractivity contribution in [2.75, 3.05) is 7.11 Å². The van der Waals surface area contributed by atoms with Gasteiger partial charge in [-0.25, -0.2) is 10.9 Å². The highest BCUT2D eigenvalue weighted by atomic mass is 16.5. The minimum Gasteiger partial charge on any atom is -0.504 e. The van der Waals surface area contributed by atoms with Crippen molar-refractivity contribution >= 4 is 18.0 Å². The van der Waals surface area contributed by atoms with Gasteiger partial charge in [-0.2, -0.15) is 5.10 Å². The van der Waals surface area contributed by atoms with Gasteiger partial charge in [0.05, 0.1) is 13.3 Å². The molecule has 0 spiro atoms. The molecule has 0 bridgehead atoms. The van der Waals surface area contributed by atoms with E-state index < -0.39 is 11.8 Å². The first-order valence-corrected chi connectivity index (χ1v) is 6.80. The maximum atomic E-state index is 12.0. The van der Waals surface area contributed by atoms with E-state index in [1.54, 1.807) is 12.1 Å². The molecule has 24 heavy (non-hydrogen) atoms. The Morgan fingerprint density at radius 3 is 2.46 bits per heavy atom. The maximum absolute atomic E-state index is 12.0. The van der Waals surface area contributed by atoms with Gasteiger partial charge in [0.25, 0.3) is 11.8 Å². The van der Waals surface area contributed by atoms with Crippen molar-refractivity contribution in [3.63, 3.8) is 0 Å². The minimum absolute atomic E-state index is 0.0458. The van der Waals surface area contributed by atoms with Gasteiger partial charge in [0.2, 0.25) is 0 Å². The Morgan fingerprint density at radius 1 is 1.12 bits per heavy atom. The number of hydrazone groups is 1. The monoisotopic (exact) mass is 329 g/mol. The van der Waals surface area contributed by atoms with Gasteiger partial charge in [-0.3, -0.25) is 14.8 Å². The number of methoxy groups -OCH3 is 1. The van der Waals surface area contributed by atoms with Crippen LogP contribution >= 0.6 is 0 Å². The van der Waals surface area contributed by atoms with Crippen LogP contribution in [0, 0.1) is 0 Å². The molecule has 0 aromatic heterocycles. The lowest BCUT2D eigenvalue weighted by Crippen LogP contribution is -2.21. The van der Waals surface area contributed by atoms with E-state index in [0.29, 0.717) is 11.3 Å². The number of benzene rings is 2. The first kappa shape index (κ1) is 17.0. The number of ether oxygens (including phenoxy) is 1. The van der Waals surface area contributed by atoms with Crippen LogP contribution in [0.3, 0.4) is 0 Å². The quantitative estimate of drug-likeness (QED) is 0.374. The van der Waals surface area contributed by atoms with Crippen molar-refractivity contribution in [3.05, 3.63) is 59.2 Å². The summed E-state index contributed by atoms with van der Waals surface area (Å²) in [6.07, 6.45) is 1.35. The first-order chi connectivity index (χ1) is 11.5. The number of amides is 2. The summed E-state index contributed by atoms with van der Waals surface area (Å²) >= 11 is 0. The average Bonchev–Trinajstić information content (AvgIpc) is 2.61. The molecule has 2 aromatic carbocycles. The van der Waals surface area contributed by atoms with Crippen molar-refractivity contribution in [2.45, 2.75) is 0 Å². The van der Waals surface area contributed by atoms with Crippen LogP contribution in [0.2, 0.25) is 0 Å². The topological polar surface area (TPSA) is 120 Å². The summed E-state index contributed by atoms with van der Waals surface area (Å²) in [5.74, 6) is -0.968. The fourth-order valence-electron chi connectivity index (χ4n) is 1.88. The zero-order chi connectivity index (χ0) is 17.5. The van der Waals surface area contributed by atoms with E-state index in [0.717, 1.165) is 0 Å². The van der Waals surface area contributed by atoms with E-state index in [2.05, 4.69) is 10.5 Å². The predicted octanol–water partition coefficient (Wildman–Crippen LogP) is 1.28. The highest BCUT2D eigenvalue weighted by molar-refractivity contribution is 5.99. The summed E-state index contributed by atoms with van der Waals surface area (Å²) in [5, 5.41) is 22.0. The van der Waals surface area contributed by atoms with Gasteiger partial charge >= 0.3 is 0 Å². The number of phenols is 1.